The molecule has 208 valence electrons. The van der Waals surface area contributed by atoms with E-state index >= 15 is 0 Å². The Morgan fingerprint density at radius 1 is 1.40 bits per heavy atom. The highest BCUT2D eigenvalue weighted by Gasteiger charge is 2.50. The minimum atomic E-state index is -1.65. The lowest BCUT2D eigenvalue weighted by atomic mass is 9.81. The molecule has 2 heterocycles. The number of pyridine rings is 1. The highest BCUT2D eigenvalue weighted by atomic mass is 35.5. The lowest BCUT2D eigenvalue weighted by Crippen LogP contribution is -2.44. The number of fused-ring (bicyclic) bond motifs is 1. The number of methoxy groups -OCH3 is 1. The average molecular weight is 567 g/mol. The number of rotatable bonds is 8. The third-order valence-electron chi connectivity index (χ3n) is 7.70. The van der Waals surface area contributed by atoms with Gasteiger partial charge in [-0.05, 0) is 55.5 Å². The molecule has 5 N–H and O–H groups in total. The molecule has 0 unspecified atom stereocenters. The van der Waals surface area contributed by atoms with Crippen LogP contribution in [0.3, 0.4) is 0 Å². The summed E-state index contributed by atoms with van der Waals surface area (Å²) in [6.07, 6.45) is 4.24. The predicted molar refractivity (Wildman–Crippen MR) is 146 cm³/mol. The molecule has 9 nitrogen and oxygen atoms in total. The smallest absolute Gasteiger partial charge is 0.251 e. The van der Waals surface area contributed by atoms with Crippen molar-refractivity contribution in [3.05, 3.63) is 82.0 Å². The van der Waals surface area contributed by atoms with E-state index in [0.29, 0.717) is 24.0 Å². The van der Waals surface area contributed by atoms with Crippen molar-refractivity contribution in [3.63, 3.8) is 0 Å². The summed E-state index contributed by atoms with van der Waals surface area (Å²) in [4.78, 5) is 30.3. The maximum absolute atomic E-state index is 14.5. The van der Waals surface area contributed by atoms with E-state index in [4.69, 9.17) is 37.2 Å². The molecule has 2 amide bonds. The molecule has 0 radical (unpaired) electrons. The quantitative estimate of drug-likeness (QED) is 0.385. The highest BCUT2D eigenvalue weighted by molar-refractivity contribution is 6.33. The van der Waals surface area contributed by atoms with Gasteiger partial charge < -0.3 is 25.6 Å². The van der Waals surface area contributed by atoms with Crippen LogP contribution < -0.4 is 15.8 Å². The van der Waals surface area contributed by atoms with Gasteiger partial charge in [-0.3, -0.25) is 15.0 Å². The van der Waals surface area contributed by atoms with Gasteiger partial charge in [-0.1, -0.05) is 30.3 Å². The van der Waals surface area contributed by atoms with Crippen molar-refractivity contribution in [3.8, 4) is 17.0 Å². The zero-order valence-corrected chi connectivity index (χ0v) is 22.7. The number of aliphatic hydroxyl groups is 1. The Balaban J connectivity index is 1.57. The summed E-state index contributed by atoms with van der Waals surface area (Å²) in [7, 11) is 1.39. The van der Waals surface area contributed by atoms with Gasteiger partial charge in [0, 0.05) is 16.7 Å². The van der Waals surface area contributed by atoms with Crippen LogP contribution in [0, 0.1) is 17.1 Å². The molecule has 0 saturated heterocycles. The Kier molecular flexibility index (Phi) is 6.79. The van der Waals surface area contributed by atoms with Gasteiger partial charge in [0.1, 0.15) is 46.4 Å². The summed E-state index contributed by atoms with van der Waals surface area (Å²) >= 11 is 6.31. The molecule has 2 atom stereocenters. The van der Waals surface area contributed by atoms with Crippen molar-refractivity contribution in [2.75, 3.05) is 20.3 Å². The van der Waals surface area contributed by atoms with Gasteiger partial charge in [0.2, 0.25) is 5.91 Å². The summed E-state index contributed by atoms with van der Waals surface area (Å²) in [5.41, 5.74) is 4.39. The first kappa shape index (κ1) is 27.5. The molecule has 1 aliphatic heterocycles. The SMILES string of the molecule is C=C1C=C(C(=O)NC[C@](O)(c2cc3c(c(-c4cccc(F)c4Cl)n2)OC[C@]3(C)C(N)=O)C2CC2)C=C(OC)C1=N. The second-order valence-electron chi connectivity index (χ2n) is 10.4. The summed E-state index contributed by atoms with van der Waals surface area (Å²) in [5.74, 6) is -1.65. The van der Waals surface area contributed by atoms with Gasteiger partial charge in [0.05, 0.1) is 24.4 Å². The lowest BCUT2D eigenvalue weighted by molar-refractivity contribution is -0.123. The topological polar surface area (TPSA) is 148 Å². The second-order valence-corrected chi connectivity index (χ2v) is 10.8. The predicted octanol–water partition coefficient (Wildman–Crippen LogP) is 3.44. The Hall–Kier alpha value is -4.02. The largest absolute Gasteiger partial charge is 0.494 e. The fourth-order valence-electron chi connectivity index (χ4n) is 4.97. The van der Waals surface area contributed by atoms with Gasteiger partial charge in [-0.25, -0.2) is 9.37 Å². The number of hydrogen-bond donors (Lipinski definition) is 4. The molecule has 0 bridgehead atoms. The summed E-state index contributed by atoms with van der Waals surface area (Å²) in [5, 5.41) is 22.6. The van der Waals surface area contributed by atoms with E-state index in [1.54, 1.807) is 19.1 Å². The van der Waals surface area contributed by atoms with Crippen LogP contribution in [0.2, 0.25) is 5.02 Å². The molecule has 2 aromatic rings. The minimum Gasteiger partial charge on any atom is -0.494 e. The number of carbonyl (C=O) groups is 2. The highest BCUT2D eigenvalue weighted by Crippen LogP contribution is 2.50. The molecular formula is C29H28ClFN4O5. The van der Waals surface area contributed by atoms with Crippen LogP contribution in [0.1, 0.15) is 31.0 Å². The summed E-state index contributed by atoms with van der Waals surface area (Å²) in [6, 6.07) is 5.82. The first-order valence-electron chi connectivity index (χ1n) is 12.6. The van der Waals surface area contributed by atoms with Gasteiger partial charge in [-0.15, -0.1) is 0 Å². The number of benzene rings is 1. The normalized spacial score (nSPS) is 21.5. The summed E-state index contributed by atoms with van der Waals surface area (Å²) in [6.45, 7) is 5.12. The number of primary amides is 1. The van der Waals surface area contributed by atoms with Crippen LogP contribution in [-0.4, -0.2) is 47.9 Å². The van der Waals surface area contributed by atoms with E-state index in [1.165, 1.54) is 31.4 Å². The van der Waals surface area contributed by atoms with E-state index in [2.05, 4.69) is 11.9 Å². The van der Waals surface area contributed by atoms with Crippen molar-refractivity contribution in [2.24, 2.45) is 11.7 Å². The molecule has 0 spiro atoms. The zero-order valence-electron chi connectivity index (χ0n) is 21.9. The van der Waals surface area contributed by atoms with Crippen LogP contribution in [-0.2, 0) is 25.3 Å². The molecule has 11 heteroatoms. The van der Waals surface area contributed by atoms with Crippen LogP contribution >= 0.6 is 11.6 Å². The molecule has 1 aromatic heterocycles. The molecule has 40 heavy (non-hydrogen) atoms. The Morgan fingerprint density at radius 2 is 2.12 bits per heavy atom. The maximum Gasteiger partial charge on any atom is 0.251 e. The molecule has 1 aromatic carbocycles. The van der Waals surface area contributed by atoms with E-state index in [1.807, 2.05) is 0 Å². The lowest BCUT2D eigenvalue weighted by Gasteiger charge is -2.30. The third kappa shape index (κ3) is 4.47. The number of hydrogen-bond acceptors (Lipinski definition) is 7. The number of nitrogens with zero attached hydrogens (tertiary/aromatic N) is 1. The van der Waals surface area contributed by atoms with E-state index in [0.717, 1.165) is 0 Å². The fraction of sp³-hybridized carbons (Fsp3) is 0.310. The number of halogens is 2. The van der Waals surface area contributed by atoms with Crippen molar-refractivity contribution < 1.29 is 28.6 Å². The minimum absolute atomic E-state index is 0.0669. The molecule has 1 saturated carbocycles. The van der Waals surface area contributed by atoms with Gasteiger partial charge >= 0.3 is 0 Å². The van der Waals surface area contributed by atoms with Crippen molar-refractivity contribution in [1.82, 2.24) is 10.3 Å². The third-order valence-corrected chi connectivity index (χ3v) is 8.09. The second kappa shape index (κ2) is 9.87. The van der Waals surface area contributed by atoms with Gasteiger partial charge in [0.15, 0.2) is 0 Å². The van der Waals surface area contributed by atoms with Gasteiger partial charge in [0.25, 0.3) is 5.91 Å². The van der Waals surface area contributed by atoms with E-state index < -0.39 is 28.6 Å². The number of nitrogens with two attached hydrogens (primary N) is 1. The van der Waals surface area contributed by atoms with E-state index in [-0.39, 0.29) is 63.8 Å². The zero-order chi connectivity index (χ0) is 29.0. The van der Waals surface area contributed by atoms with Crippen LogP contribution in [0.5, 0.6) is 5.75 Å². The number of nitrogens with one attached hydrogen (secondary N) is 2. The average Bonchev–Trinajstić information content (AvgIpc) is 3.73. The molecule has 2 aliphatic carbocycles. The van der Waals surface area contributed by atoms with Crippen LogP contribution in [0.25, 0.3) is 11.3 Å². The summed E-state index contributed by atoms with van der Waals surface area (Å²) < 4.78 is 25.5. The van der Waals surface area contributed by atoms with E-state index in [9.17, 15) is 19.1 Å². The monoisotopic (exact) mass is 566 g/mol. The first-order chi connectivity index (χ1) is 18.9. The number of carbonyl (C=O) groups excluding carboxylic acids is 2. The molecule has 3 aliphatic rings. The van der Waals surface area contributed by atoms with Crippen molar-refractivity contribution in [1.29, 1.82) is 5.41 Å². The van der Waals surface area contributed by atoms with Crippen molar-refractivity contribution in [2.45, 2.75) is 30.8 Å². The number of aromatic nitrogens is 1. The number of amides is 2. The maximum atomic E-state index is 14.5. The standard InChI is InChI=1S/C29H28ClFN4O5/c1-14-9-15(10-20(39-3)23(14)32)26(36)34-12-29(38,16-7-8-16)21-11-18-25(40-13-28(18,2)27(33)37)24(35-21)17-5-4-6-19(31)22(17)30/h4-6,9-11,16,32,38H,1,7-8,12-13H2,2-3H3,(H2,33,37)(H,34,36)/t28-,29+/m0/s1. The van der Waals surface area contributed by atoms with Crippen LogP contribution in [0.15, 0.2) is 59.9 Å². The Bertz CT molecular complexity index is 1550. The fourth-order valence-corrected chi connectivity index (χ4v) is 5.18. The first-order valence-corrected chi connectivity index (χ1v) is 13.0. The molecule has 1 fully saturated rings. The van der Waals surface area contributed by atoms with Gasteiger partial charge in [-0.2, -0.15) is 0 Å². The Morgan fingerprint density at radius 3 is 2.77 bits per heavy atom. The molecular weight excluding hydrogens is 539 g/mol. The molecule has 5 rings (SSSR count). The van der Waals surface area contributed by atoms with Crippen molar-refractivity contribution >= 4 is 29.1 Å². The number of allylic oxidation sites excluding steroid dienone is 2. The Labute approximate surface area is 235 Å². The van der Waals surface area contributed by atoms with Crippen LogP contribution in [0.4, 0.5) is 4.39 Å². The number of ether oxygens (including phenoxy) is 2.